The first kappa shape index (κ1) is 15.3. The Morgan fingerprint density at radius 1 is 1.19 bits per heavy atom. The predicted octanol–water partition coefficient (Wildman–Crippen LogP) is 3.13. The van der Waals surface area contributed by atoms with Crippen LogP contribution in [0.2, 0.25) is 0 Å². The van der Waals surface area contributed by atoms with Gasteiger partial charge in [-0.25, -0.2) is 0 Å². The van der Waals surface area contributed by atoms with Crippen LogP contribution in [0, 0.1) is 10.8 Å². The molecule has 0 rings (SSSR count). The number of hydrogen-bond acceptors (Lipinski definition) is 1. The highest BCUT2D eigenvalue weighted by atomic mass is 19.4. The average molecular weight is 239 g/mol. The largest absolute Gasteiger partial charge is 0.403 e. The van der Waals surface area contributed by atoms with Gasteiger partial charge in [0.15, 0.2) is 0 Å². The van der Waals surface area contributed by atoms with Crippen LogP contribution in [0.15, 0.2) is 0 Å². The minimum atomic E-state index is -4.52. The molecule has 16 heavy (non-hydrogen) atoms. The van der Waals surface area contributed by atoms with E-state index in [1.165, 1.54) is 14.0 Å². The second-order valence-corrected chi connectivity index (χ2v) is 5.25. The van der Waals surface area contributed by atoms with Crippen LogP contribution >= 0.6 is 0 Å². The van der Waals surface area contributed by atoms with Crippen LogP contribution in [0.3, 0.4) is 0 Å². The summed E-state index contributed by atoms with van der Waals surface area (Å²) < 4.78 is 39.2. The molecule has 0 bridgehead atoms. The van der Waals surface area contributed by atoms with E-state index >= 15 is 0 Å². The van der Waals surface area contributed by atoms with Crippen molar-refractivity contribution in [3.63, 3.8) is 0 Å². The monoisotopic (exact) mass is 239 g/mol. The molecule has 2 nitrogen and oxygen atoms in total. The van der Waals surface area contributed by atoms with Gasteiger partial charge in [-0.1, -0.05) is 27.7 Å². The average Bonchev–Trinajstić information content (AvgIpc) is 2.09. The highest BCUT2D eigenvalue weighted by Gasteiger charge is 2.59. The Kier molecular flexibility index (Phi) is 4.42. The molecule has 96 valence electrons. The van der Waals surface area contributed by atoms with E-state index in [0.29, 0.717) is 0 Å². The Morgan fingerprint density at radius 3 is 1.81 bits per heavy atom. The molecule has 0 aliphatic carbocycles. The number of nitrogens with one attached hydrogen (secondary N) is 1. The molecule has 0 aromatic rings. The fraction of sp³-hybridized carbons (Fsp3) is 0.909. The fourth-order valence-corrected chi connectivity index (χ4v) is 1.94. The molecule has 0 aromatic heterocycles. The Hall–Kier alpha value is -0.740. The Morgan fingerprint density at radius 2 is 1.62 bits per heavy atom. The van der Waals surface area contributed by atoms with E-state index < -0.39 is 22.9 Å². The van der Waals surface area contributed by atoms with Gasteiger partial charge >= 0.3 is 6.18 Å². The van der Waals surface area contributed by atoms with Crippen molar-refractivity contribution in [1.29, 1.82) is 0 Å². The van der Waals surface area contributed by atoms with Crippen LogP contribution < -0.4 is 5.32 Å². The molecule has 1 unspecified atom stereocenters. The lowest BCUT2D eigenvalue weighted by Gasteiger charge is -2.37. The van der Waals surface area contributed by atoms with E-state index in [1.807, 2.05) is 0 Å². The molecule has 1 N–H and O–H groups in total. The lowest BCUT2D eigenvalue weighted by Crippen LogP contribution is -2.51. The molecule has 1 atom stereocenters. The zero-order chi connectivity index (χ0) is 13.2. The molecular weight excluding hydrogens is 219 g/mol. The van der Waals surface area contributed by atoms with Crippen LogP contribution in [0.4, 0.5) is 13.2 Å². The molecule has 5 heteroatoms. The number of rotatable bonds is 3. The first-order chi connectivity index (χ1) is 7.00. The van der Waals surface area contributed by atoms with Crippen molar-refractivity contribution < 1.29 is 18.0 Å². The maximum atomic E-state index is 13.1. The van der Waals surface area contributed by atoms with Gasteiger partial charge in [0.2, 0.25) is 5.91 Å². The van der Waals surface area contributed by atoms with Crippen molar-refractivity contribution in [3.8, 4) is 0 Å². The van der Waals surface area contributed by atoms with Gasteiger partial charge in [-0.3, -0.25) is 4.79 Å². The lowest BCUT2D eigenvalue weighted by molar-refractivity contribution is -0.230. The Bertz CT molecular complexity index is 255. The second kappa shape index (κ2) is 4.63. The molecule has 0 saturated carbocycles. The first-order valence-electron chi connectivity index (χ1n) is 5.29. The summed E-state index contributed by atoms with van der Waals surface area (Å²) in [6.45, 7) is 6.50. The summed E-state index contributed by atoms with van der Waals surface area (Å²) in [6.07, 6.45) is -4.97. The Labute approximate surface area is 94.6 Å². The lowest BCUT2D eigenvalue weighted by atomic mass is 9.71. The number of halogens is 3. The van der Waals surface area contributed by atoms with Gasteiger partial charge < -0.3 is 5.32 Å². The predicted molar refractivity (Wildman–Crippen MR) is 56.9 cm³/mol. The molecule has 0 aliphatic rings. The smallest absolute Gasteiger partial charge is 0.358 e. The topological polar surface area (TPSA) is 29.1 Å². The maximum absolute atomic E-state index is 13.1. The SMILES string of the molecule is CCC(CC(C)(C)C)(C(=O)NC)C(F)(F)F. The number of alkyl halides is 3. The van der Waals surface area contributed by atoms with Gasteiger partial charge in [0.25, 0.3) is 0 Å². The summed E-state index contributed by atoms with van der Waals surface area (Å²) in [5.74, 6) is -0.947. The van der Waals surface area contributed by atoms with Crippen LogP contribution in [-0.4, -0.2) is 19.1 Å². The summed E-state index contributed by atoms with van der Waals surface area (Å²) in [6, 6.07) is 0. The quantitative estimate of drug-likeness (QED) is 0.805. The van der Waals surface area contributed by atoms with E-state index in [1.54, 1.807) is 20.8 Å². The van der Waals surface area contributed by atoms with E-state index in [4.69, 9.17) is 0 Å². The van der Waals surface area contributed by atoms with Crippen LogP contribution in [0.25, 0.3) is 0 Å². The van der Waals surface area contributed by atoms with Crippen molar-refractivity contribution in [2.24, 2.45) is 10.8 Å². The summed E-state index contributed by atoms with van der Waals surface area (Å²) in [5, 5.41) is 2.13. The van der Waals surface area contributed by atoms with Gasteiger partial charge in [-0.15, -0.1) is 0 Å². The first-order valence-corrected chi connectivity index (χ1v) is 5.29. The molecule has 0 radical (unpaired) electrons. The third-order valence-corrected chi connectivity index (χ3v) is 2.64. The van der Waals surface area contributed by atoms with Crippen molar-refractivity contribution in [2.75, 3.05) is 7.05 Å². The molecule has 1 amide bonds. The molecule has 0 heterocycles. The third-order valence-electron chi connectivity index (χ3n) is 2.64. The van der Waals surface area contributed by atoms with E-state index in [9.17, 15) is 18.0 Å². The highest BCUT2D eigenvalue weighted by molar-refractivity contribution is 5.83. The molecule has 0 fully saturated rings. The van der Waals surface area contributed by atoms with Gasteiger partial charge in [0.05, 0.1) is 0 Å². The van der Waals surface area contributed by atoms with Crippen LogP contribution in [0.5, 0.6) is 0 Å². The molecule has 0 aliphatic heterocycles. The fourth-order valence-electron chi connectivity index (χ4n) is 1.94. The van der Waals surface area contributed by atoms with E-state index in [-0.39, 0.29) is 12.8 Å². The summed E-state index contributed by atoms with van der Waals surface area (Å²) in [5.41, 5.74) is -2.84. The van der Waals surface area contributed by atoms with Gasteiger partial charge in [0, 0.05) is 7.05 Å². The highest BCUT2D eigenvalue weighted by Crippen LogP contribution is 2.48. The molecular formula is C11H20F3NO. The maximum Gasteiger partial charge on any atom is 0.403 e. The Balaban J connectivity index is 5.40. The number of carbonyl (C=O) groups excluding carboxylic acids is 1. The van der Waals surface area contributed by atoms with Gasteiger partial charge in [0.1, 0.15) is 5.41 Å². The summed E-state index contributed by atoms with van der Waals surface area (Å²) in [7, 11) is 1.24. The number of carbonyl (C=O) groups is 1. The molecule has 0 spiro atoms. The molecule has 0 aromatic carbocycles. The minimum absolute atomic E-state index is 0.209. The van der Waals surface area contributed by atoms with E-state index in [0.717, 1.165) is 0 Å². The van der Waals surface area contributed by atoms with Crippen molar-refractivity contribution in [1.82, 2.24) is 5.32 Å². The van der Waals surface area contributed by atoms with Gasteiger partial charge in [-0.05, 0) is 18.3 Å². The molecule has 0 saturated heterocycles. The van der Waals surface area contributed by atoms with Gasteiger partial charge in [-0.2, -0.15) is 13.2 Å². The zero-order valence-corrected chi connectivity index (χ0v) is 10.5. The summed E-state index contributed by atoms with van der Waals surface area (Å²) >= 11 is 0. The normalized spacial score (nSPS) is 16.8. The summed E-state index contributed by atoms with van der Waals surface area (Å²) in [4.78, 5) is 11.6. The minimum Gasteiger partial charge on any atom is -0.358 e. The van der Waals surface area contributed by atoms with E-state index in [2.05, 4.69) is 5.32 Å². The zero-order valence-electron chi connectivity index (χ0n) is 10.5. The number of amides is 1. The van der Waals surface area contributed by atoms with Crippen molar-refractivity contribution >= 4 is 5.91 Å². The van der Waals surface area contributed by atoms with Crippen LogP contribution in [0.1, 0.15) is 40.5 Å². The standard InChI is InChI=1S/C11H20F3NO/c1-6-10(8(16)15-5,11(12,13)14)7-9(2,3)4/h6-7H2,1-5H3,(H,15,16). The third kappa shape index (κ3) is 3.12. The van der Waals surface area contributed by atoms with Crippen molar-refractivity contribution in [2.45, 2.75) is 46.7 Å². The van der Waals surface area contributed by atoms with Crippen LogP contribution in [-0.2, 0) is 4.79 Å². The second-order valence-electron chi connectivity index (χ2n) is 5.25. The number of hydrogen-bond donors (Lipinski definition) is 1. The van der Waals surface area contributed by atoms with Crippen molar-refractivity contribution in [3.05, 3.63) is 0 Å².